The fraction of sp³-hybridized carbons (Fsp3) is 0.167. The molecule has 4 heteroatoms. The fourth-order valence-corrected chi connectivity index (χ4v) is 2.64. The molecule has 0 fully saturated rings. The first-order chi connectivity index (χ1) is 13.7. The molecule has 0 saturated carbocycles. The van der Waals surface area contributed by atoms with Gasteiger partial charge >= 0.3 is 5.97 Å². The average molecular weight is 374 g/mol. The molecule has 0 aliphatic rings. The third-order valence-electron chi connectivity index (χ3n) is 4.36. The van der Waals surface area contributed by atoms with Gasteiger partial charge in [-0.3, -0.25) is 4.79 Å². The van der Waals surface area contributed by atoms with Crippen LogP contribution in [-0.4, -0.2) is 18.4 Å². The highest BCUT2D eigenvalue weighted by molar-refractivity contribution is 5.99. The summed E-state index contributed by atoms with van der Waals surface area (Å²) < 4.78 is 10.8. The lowest BCUT2D eigenvalue weighted by molar-refractivity contribution is 0.0474. The third-order valence-corrected chi connectivity index (χ3v) is 4.36. The number of Topliss-reactive ketones (excluding diaryl/α,β-unsaturated/α-hetero) is 1. The zero-order valence-corrected chi connectivity index (χ0v) is 15.8. The highest BCUT2D eigenvalue weighted by atomic mass is 16.5. The summed E-state index contributed by atoms with van der Waals surface area (Å²) >= 11 is 0. The van der Waals surface area contributed by atoms with Crippen LogP contribution in [0.25, 0.3) is 0 Å². The van der Waals surface area contributed by atoms with Crippen molar-refractivity contribution in [1.29, 1.82) is 0 Å². The van der Waals surface area contributed by atoms with E-state index in [-0.39, 0.29) is 12.4 Å². The molecule has 0 saturated heterocycles. The monoisotopic (exact) mass is 374 g/mol. The van der Waals surface area contributed by atoms with E-state index in [1.807, 2.05) is 54.6 Å². The molecule has 142 valence electrons. The Bertz CT molecular complexity index is 913. The predicted octanol–water partition coefficient (Wildman–Crippen LogP) is 4.87. The van der Waals surface area contributed by atoms with Gasteiger partial charge in [0.1, 0.15) is 12.4 Å². The van der Waals surface area contributed by atoms with Gasteiger partial charge in [0.15, 0.2) is 12.4 Å². The van der Waals surface area contributed by atoms with Crippen molar-refractivity contribution in [1.82, 2.24) is 0 Å². The zero-order chi connectivity index (χ0) is 19.8. The summed E-state index contributed by atoms with van der Waals surface area (Å²) in [6.45, 7) is 2.19. The molecule has 28 heavy (non-hydrogen) atoms. The number of rotatable bonds is 8. The van der Waals surface area contributed by atoms with Gasteiger partial charge in [0.05, 0.1) is 5.56 Å². The van der Waals surface area contributed by atoms with E-state index in [0.29, 0.717) is 17.7 Å². The topological polar surface area (TPSA) is 52.6 Å². The van der Waals surface area contributed by atoms with E-state index >= 15 is 0 Å². The van der Waals surface area contributed by atoms with Crippen molar-refractivity contribution in [3.8, 4) is 5.75 Å². The van der Waals surface area contributed by atoms with E-state index < -0.39 is 5.97 Å². The van der Waals surface area contributed by atoms with Gasteiger partial charge in [-0.05, 0) is 41.8 Å². The van der Waals surface area contributed by atoms with Gasteiger partial charge in [0.2, 0.25) is 0 Å². The predicted molar refractivity (Wildman–Crippen MR) is 108 cm³/mol. The molecule has 3 aromatic rings. The molecule has 0 aliphatic heterocycles. The van der Waals surface area contributed by atoms with Crippen LogP contribution in [0.3, 0.4) is 0 Å². The minimum atomic E-state index is -0.519. The molecular weight excluding hydrogens is 352 g/mol. The van der Waals surface area contributed by atoms with Crippen molar-refractivity contribution in [2.24, 2.45) is 0 Å². The smallest absolute Gasteiger partial charge is 0.338 e. The van der Waals surface area contributed by atoms with Gasteiger partial charge in [-0.15, -0.1) is 0 Å². The van der Waals surface area contributed by atoms with Crippen LogP contribution >= 0.6 is 0 Å². The number of esters is 1. The maximum atomic E-state index is 12.2. The molecule has 0 N–H and O–H groups in total. The van der Waals surface area contributed by atoms with Crippen LogP contribution in [0.4, 0.5) is 0 Å². The molecule has 0 spiro atoms. The number of ether oxygens (including phenoxy) is 2. The molecule has 4 nitrogen and oxygen atoms in total. The Balaban J connectivity index is 1.50. The van der Waals surface area contributed by atoms with E-state index in [2.05, 4.69) is 6.92 Å². The number of carbonyl (C=O) groups is 2. The van der Waals surface area contributed by atoms with E-state index in [1.54, 1.807) is 24.3 Å². The second-order valence-electron chi connectivity index (χ2n) is 6.35. The lowest BCUT2D eigenvalue weighted by atomic mass is 10.1. The normalized spacial score (nSPS) is 10.3. The van der Waals surface area contributed by atoms with Gasteiger partial charge in [-0.1, -0.05) is 61.5 Å². The number of aryl methyl sites for hydroxylation is 1. The molecule has 0 aliphatic carbocycles. The second-order valence-corrected chi connectivity index (χ2v) is 6.35. The third kappa shape index (κ3) is 5.30. The largest absolute Gasteiger partial charge is 0.489 e. The number of hydrogen-bond donors (Lipinski definition) is 0. The number of benzene rings is 3. The molecule has 0 radical (unpaired) electrons. The Morgan fingerprint density at radius 3 is 2.00 bits per heavy atom. The maximum absolute atomic E-state index is 12.2. The van der Waals surface area contributed by atoms with Crippen molar-refractivity contribution in [3.63, 3.8) is 0 Å². The quantitative estimate of drug-likeness (QED) is 0.417. The van der Waals surface area contributed by atoms with Gasteiger partial charge in [-0.25, -0.2) is 4.79 Å². The standard InChI is InChI=1S/C24H22O4/c1-2-18-8-12-20(13-9-18)23(25)17-28-24(26)21-14-10-19(11-15-21)16-27-22-6-4-3-5-7-22/h3-15H,2,16-17H2,1H3. The molecule has 0 atom stereocenters. The van der Waals surface area contributed by atoms with Crippen LogP contribution in [-0.2, 0) is 17.8 Å². The van der Waals surface area contributed by atoms with Crippen LogP contribution in [0, 0.1) is 0 Å². The van der Waals surface area contributed by atoms with Crippen LogP contribution in [0.5, 0.6) is 5.75 Å². The maximum Gasteiger partial charge on any atom is 0.338 e. The van der Waals surface area contributed by atoms with Gasteiger partial charge in [0.25, 0.3) is 0 Å². The molecular formula is C24H22O4. The van der Waals surface area contributed by atoms with Crippen LogP contribution in [0.1, 0.15) is 38.8 Å². The minimum absolute atomic E-state index is 0.219. The van der Waals surface area contributed by atoms with Crippen LogP contribution < -0.4 is 4.74 Å². The summed E-state index contributed by atoms with van der Waals surface area (Å²) in [6.07, 6.45) is 0.913. The number of ketones is 1. The van der Waals surface area contributed by atoms with E-state index in [1.165, 1.54) is 0 Å². The summed E-state index contributed by atoms with van der Waals surface area (Å²) in [5.74, 6) is 0.0504. The SMILES string of the molecule is CCc1ccc(C(=O)COC(=O)c2ccc(COc3ccccc3)cc2)cc1. The van der Waals surface area contributed by atoms with Crippen LogP contribution in [0.2, 0.25) is 0 Å². The Kier molecular flexibility index (Phi) is 6.58. The highest BCUT2D eigenvalue weighted by Gasteiger charge is 2.12. The molecule has 3 aromatic carbocycles. The van der Waals surface area contributed by atoms with Gasteiger partial charge in [-0.2, -0.15) is 0 Å². The molecule has 3 rings (SSSR count). The second kappa shape index (κ2) is 9.51. The molecule has 0 amide bonds. The summed E-state index contributed by atoms with van der Waals surface area (Å²) in [4.78, 5) is 24.3. The summed E-state index contributed by atoms with van der Waals surface area (Å²) in [6, 6.07) is 23.8. The number of carbonyl (C=O) groups excluding carboxylic acids is 2. The van der Waals surface area contributed by atoms with Crippen molar-refractivity contribution < 1.29 is 19.1 Å². The first-order valence-electron chi connectivity index (χ1n) is 9.22. The highest BCUT2D eigenvalue weighted by Crippen LogP contribution is 2.13. The molecule has 0 heterocycles. The molecule has 0 aromatic heterocycles. The Labute approximate surface area is 164 Å². The fourth-order valence-electron chi connectivity index (χ4n) is 2.64. The number of hydrogen-bond acceptors (Lipinski definition) is 4. The summed E-state index contributed by atoms with van der Waals surface area (Å²) in [5, 5.41) is 0. The zero-order valence-electron chi connectivity index (χ0n) is 15.8. The number of para-hydroxylation sites is 1. The van der Waals surface area contributed by atoms with Crippen molar-refractivity contribution in [2.75, 3.05) is 6.61 Å². The molecule has 0 bridgehead atoms. The van der Waals surface area contributed by atoms with E-state index in [0.717, 1.165) is 23.3 Å². The van der Waals surface area contributed by atoms with Crippen LogP contribution in [0.15, 0.2) is 78.9 Å². The first kappa shape index (κ1) is 19.4. The average Bonchev–Trinajstić information content (AvgIpc) is 2.77. The Morgan fingerprint density at radius 1 is 0.750 bits per heavy atom. The van der Waals surface area contributed by atoms with Gasteiger partial charge in [0, 0.05) is 5.56 Å². The van der Waals surface area contributed by atoms with E-state index in [4.69, 9.17) is 9.47 Å². The van der Waals surface area contributed by atoms with Crippen molar-refractivity contribution in [3.05, 3.63) is 101 Å². The molecule has 0 unspecified atom stereocenters. The summed E-state index contributed by atoms with van der Waals surface area (Å²) in [5.41, 5.74) is 3.04. The minimum Gasteiger partial charge on any atom is -0.489 e. The Morgan fingerprint density at radius 2 is 1.36 bits per heavy atom. The van der Waals surface area contributed by atoms with Crippen molar-refractivity contribution in [2.45, 2.75) is 20.0 Å². The Hall–Kier alpha value is -3.40. The van der Waals surface area contributed by atoms with Crippen molar-refractivity contribution >= 4 is 11.8 Å². The van der Waals surface area contributed by atoms with E-state index in [9.17, 15) is 9.59 Å². The lowest BCUT2D eigenvalue weighted by Crippen LogP contribution is -2.14. The lowest BCUT2D eigenvalue weighted by Gasteiger charge is -2.08. The summed E-state index contributed by atoms with van der Waals surface area (Å²) in [7, 11) is 0. The first-order valence-corrected chi connectivity index (χ1v) is 9.22. The van der Waals surface area contributed by atoms with Gasteiger partial charge < -0.3 is 9.47 Å².